The van der Waals surface area contributed by atoms with E-state index in [9.17, 15) is 22.0 Å². The Hall–Kier alpha value is -2.70. The van der Waals surface area contributed by atoms with E-state index in [1.807, 2.05) is 48.6 Å². The van der Waals surface area contributed by atoms with Crippen LogP contribution in [0.2, 0.25) is 0 Å². The summed E-state index contributed by atoms with van der Waals surface area (Å²) in [6.45, 7) is 1.74. The van der Waals surface area contributed by atoms with Crippen molar-refractivity contribution < 1.29 is 22.0 Å². The molecule has 3 aromatic rings. The van der Waals surface area contributed by atoms with E-state index in [0.717, 1.165) is 11.1 Å². The fourth-order valence-electron chi connectivity index (χ4n) is 4.31. The minimum atomic E-state index is -4.60. The highest BCUT2D eigenvalue weighted by atomic mass is 19.4. The van der Waals surface area contributed by atoms with Crippen molar-refractivity contribution >= 4 is 17.8 Å². The summed E-state index contributed by atoms with van der Waals surface area (Å²) < 4.78 is 69.7. The molecule has 2 aromatic heterocycles. The first-order valence-electron chi connectivity index (χ1n) is 10.3. The van der Waals surface area contributed by atoms with Crippen LogP contribution in [0.3, 0.4) is 0 Å². The lowest BCUT2D eigenvalue weighted by atomic mass is 9.83. The molecule has 0 N–H and O–H groups in total. The maximum atomic E-state index is 13.8. The first kappa shape index (κ1) is 21.5. The van der Waals surface area contributed by atoms with Crippen LogP contribution in [0.1, 0.15) is 53.9 Å². The topological polar surface area (TPSA) is 17.3 Å². The number of pyridine rings is 1. The van der Waals surface area contributed by atoms with Gasteiger partial charge in [-0.05, 0) is 55.4 Å². The third-order valence-electron chi connectivity index (χ3n) is 5.88. The molecule has 1 aliphatic rings. The zero-order valence-corrected chi connectivity index (χ0v) is 17.1. The molecule has 0 atom stereocenters. The van der Waals surface area contributed by atoms with Gasteiger partial charge in [-0.2, -0.15) is 13.2 Å². The third-order valence-corrected chi connectivity index (χ3v) is 5.88. The molecule has 1 aromatic carbocycles. The highest BCUT2D eigenvalue weighted by Gasteiger charge is 2.40. The van der Waals surface area contributed by atoms with Crippen molar-refractivity contribution in [3.05, 3.63) is 70.7 Å². The van der Waals surface area contributed by atoms with Gasteiger partial charge in [0.15, 0.2) is 5.69 Å². The van der Waals surface area contributed by atoms with Crippen LogP contribution in [0.4, 0.5) is 22.0 Å². The molecule has 0 spiro atoms. The monoisotopic (exact) mass is 434 g/mol. The van der Waals surface area contributed by atoms with Gasteiger partial charge in [0.1, 0.15) is 5.65 Å². The molecule has 0 saturated heterocycles. The predicted octanol–water partition coefficient (Wildman–Crippen LogP) is 7.20. The van der Waals surface area contributed by atoms with Crippen LogP contribution < -0.4 is 0 Å². The minimum Gasteiger partial charge on any atom is -0.301 e. The fraction of sp³-hybridized carbons (Fsp3) is 0.375. The molecule has 2 nitrogen and oxygen atoms in total. The molecule has 7 heteroatoms. The van der Waals surface area contributed by atoms with Gasteiger partial charge in [0.25, 0.3) is 0 Å². The van der Waals surface area contributed by atoms with Crippen LogP contribution in [0.5, 0.6) is 0 Å². The van der Waals surface area contributed by atoms with Crippen molar-refractivity contribution in [2.45, 2.75) is 51.1 Å². The Morgan fingerprint density at radius 1 is 1.03 bits per heavy atom. The van der Waals surface area contributed by atoms with Gasteiger partial charge in [-0.1, -0.05) is 42.5 Å². The van der Waals surface area contributed by atoms with Crippen molar-refractivity contribution in [2.24, 2.45) is 5.92 Å². The number of alkyl halides is 5. The SMILES string of the molecule is Cc1cc(C=Cc2ccccc2)cc2nc(C(F)(F)F)c(CC3CCC(F)(F)CC3)n12. The van der Waals surface area contributed by atoms with Crippen LogP contribution in [-0.2, 0) is 12.6 Å². The molecular formula is C24H23F5N2. The highest BCUT2D eigenvalue weighted by molar-refractivity contribution is 5.71. The van der Waals surface area contributed by atoms with Gasteiger partial charge in [-0.3, -0.25) is 0 Å². The summed E-state index contributed by atoms with van der Waals surface area (Å²) in [5.74, 6) is -2.92. The zero-order chi connectivity index (χ0) is 22.2. The summed E-state index contributed by atoms with van der Waals surface area (Å²) in [4.78, 5) is 3.91. The van der Waals surface area contributed by atoms with Crippen LogP contribution in [0, 0.1) is 12.8 Å². The Labute approximate surface area is 177 Å². The summed E-state index contributed by atoms with van der Waals surface area (Å²) >= 11 is 0. The summed E-state index contributed by atoms with van der Waals surface area (Å²) in [5.41, 5.74) is 1.72. The maximum Gasteiger partial charge on any atom is 0.435 e. The van der Waals surface area contributed by atoms with E-state index < -0.39 is 17.8 Å². The molecule has 0 amide bonds. The molecule has 1 aliphatic carbocycles. The average molecular weight is 434 g/mol. The summed E-state index contributed by atoms with van der Waals surface area (Å²) in [7, 11) is 0. The van der Waals surface area contributed by atoms with Gasteiger partial charge in [0, 0.05) is 18.5 Å². The Balaban J connectivity index is 1.70. The number of nitrogens with zero attached hydrogens (tertiary/aromatic N) is 2. The smallest absolute Gasteiger partial charge is 0.301 e. The molecule has 0 radical (unpaired) electrons. The average Bonchev–Trinajstić information content (AvgIpc) is 3.08. The molecule has 0 bridgehead atoms. The fourth-order valence-corrected chi connectivity index (χ4v) is 4.31. The van der Waals surface area contributed by atoms with E-state index in [4.69, 9.17) is 0 Å². The standard InChI is InChI=1S/C24H23F5N2/c1-16-13-19(8-7-17-5-3-2-4-6-17)15-21-30-22(24(27,28)29)20(31(16)21)14-18-9-11-23(25,26)12-10-18/h2-8,13,15,18H,9-12,14H2,1H3. The summed E-state index contributed by atoms with van der Waals surface area (Å²) in [6, 6.07) is 13.0. The zero-order valence-electron chi connectivity index (χ0n) is 17.1. The quantitative estimate of drug-likeness (QED) is 0.397. The van der Waals surface area contributed by atoms with Crippen LogP contribution in [0.25, 0.3) is 17.8 Å². The Kier molecular flexibility index (Phi) is 5.62. The van der Waals surface area contributed by atoms with Gasteiger partial charge in [0.05, 0.1) is 5.69 Å². The number of hydrogen-bond acceptors (Lipinski definition) is 1. The van der Waals surface area contributed by atoms with E-state index in [0.29, 0.717) is 5.69 Å². The van der Waals surface area contributed by atoms with E-state index in [1.54, 1.807) is 13.0 Å². The van der Waals surface area contributed by atoms with E-state index in [-0.39, 0.29) is 49.4 Å². The van der Waals surface area contributed by atoms with Crippen LogP contribution in [0.15, 0.2) is 42.5 Å². The number of aryl methyl sites for hydroxylation is 1. The number of aromatic nitrogens is 2. The lowest BCUT2D eigenvalue weighted by molar-refractivity contribution is -0.141. The Morgan fingerprint density at radius 2 is 1.68 bits per heavy atom. The van der Waals surface area contributed by atoms with Crippen LogP contribution in [-0.4, -0.2) is 15.3 Å². The molecule has 0 unspecified atom stereocenters. The van der Waals surface area contributed by atoms with E-state index in [1.165, 1.54) is 4.40 Å². The lowest BCUT2D eigenvalue weighted by Gasteiger charge is -2.28. The summed E-state index contributed by atoms with van der Waals surface area (Å²) in [6.07, 6.45) is -0.900. The van der Waals surface area contributed by atoms with Crippen molar-refractivity contribution in [3.8, 4) is 0 Å². The van der Waals surface area contributed by atoms with Gasteiger partial charge in [0.2, 0.25) is 5.92 Å². The molecule has 4 rings (SSSR count). The third kappa shape index (κ3) is 4.81. The van der Waals surface area contributed by atoms with Gasteiger partial charge in [-0.25, -0.2) is 13.8 Å². The number of imidazole rings is 1. The predicted molar refractivity (Wildman–Crippen MR) is 111 cm³/mol. The van der Waals surface area contributed by atoms with E-state index in [2.05, 4.69) is 4.98 Å². The van der Waals surface area contributed by atoms with Crippen molar-refractivity contribution in [2.75, 3.05) is 0 Å². The lowest BCUT2D eigenvalue weighted by Crippen LogP contribution is -2.26. The number of benzene rings is 1. The Bertz CT molecular complexity index is 1090. The maximum absolute atomic E-state index is 13.8. The Morgan fingerprint density at radius 3 is 2.32 bits per heavy atom. The van der Waals surface area contributed by atoms with Crippen molar-refractivity contribution in [1.29, 1.82) is 0 Å². The normalized spacial score (nSPS) is 17.6. The first-order valence-corrected chi connectivity index (χ1v) is 10.3. The van der Waals surface area contributed by atoms with Crippen LogP contribution >= 0.6 is 0 Å². The second-order valence-electron chi connectivity index (χ2n) is 8.28. The van der Waals surface area contributed by atoms with Crippen molar-refractivity contribution in [1.82, 2.24) is 9.38 Å². The van der Waals surface area contributed by atoms with Gasteiger partial charge in [-0.15, -0.1) is 0 Å². The largest absolute Gasteiger partial charge is 0.435 e. The number of fused-ring (bicyclic) bond motifs is 1. The number of hydrogen-bond donors (Lipinski definition) is 0. The molecule has 31 heavy (non-hydrogen) atoms. The molecule has 2 heterocycles. The molecular weight excluding hydrogens is 411 g/mol. The van der Waals surface area contributed by atoms with Gasteiger partial charge < -0.3 is 4.40 Å². The molecule has 1 saturated carbocycles. The second-order valence-corrected chi connectivity index (χ2v) is 8.28. The minimum absolute atomic E-state index is 0.0637. The van der Waals surface area contributed by atoms with Crippen molar-refractivity contribution in [3.63, 3.8) is 0 Å². The van der Waals surface area contributed by atoms with E-state index >= 15 is 0 Å². The number of halogens is 5. The first-order chi connectivity index (χ1) is 14.6. The second kappa shape index (κ2) is 8.09. The molecule has 1 fully saturated rings. The summed E-state index contributed by atoms with van der Waals surface area (Å²) in [5, 5.41) is 0. The molecule has 0 aliphatic heterocycles. The number of rotatable bonds is 4. The van der Waals surface area contributed by atoms with Gasteiger partial charge >= 0.3 is 6.18 Å². The highest BCUT2D eigenvalue weighted by Crippen LogP contribution is 2.40. The molecule has 164 valence electrons.